The molecule has 1 aliphatic carbocycles. The van der Waals surface area contributed by atoms with Gasteiger partial charge in [-0.25, -0.2) is 9.59 Å². The number of esters is 2. The minimum absolute atomic E-state index is 0.0707. The van der Waals surface area contributed by atoms with Crippen molar-refractivity contribution in [3.63, 3.8) is 0 Å². The summed E-state index contributed by atoms with van der Waals surface area (Å²) in [7, 11) is 2.43. The average molecular weight is 599 g/mol. The first-order valence-electron chi connectivity index (χ1n) is 14.4. The third-order valence-electron chi connectivity index (χ3n) is 8.06. The molecule has 1 heterocycles. The summed E-state index contributed by atoms with van der Waals surface area (Å²) in [4.78, 5) is 56.3. The standard InChI is InChI=1S/C37H30N2O6/c1-44-36(42)32-31(24-15-7-4-8-16-24)35(41)39(34(32)37(43)45-2)33-26-18-10-9-17-25(26)22-29(27-19-11-12-20-28(27)33)38-30(40)21-23-13-5-3-6-14-23/h3-20,22,33-34H,21H2,1-2H3,(H,38,40). The molecule has 4 aromatic carbocycles. The monoisotopic (exact) mass is 598 g/mol. The number of rotatable bonds is 7. The number of fused-ring (bicyclic) bond motifs is 2. The fraction of sp³-hybridized carbons (Fsp3) is 0.135. The number of hydrogen-bond donors (Lipinski definition) is 1. The Balaban J connectivity index is 1.52. The Labute approximate surface area is 260 Å². The lowest BCUT2D eigenvalue weighted by atomic mass is 9.91. The Kier molecular flexibility index (Phi) is 8.12. The zero-order valence-corrected chi connectivity index (χ0v) is 24.7. The molecule has 0 fully saturated rings. The van der Waals surface area contributed by atoms with Crippen LogP contribution in [0.15, 0.2) is 115 Å². The van der Waals surface area contributed by atoms with Crippen molar-refractivity contribution in [2.45, 2.75) is 18.5 Å². The second-order valence-corrected chi connectivity index (χ2v) is 10.7. The van der Waals surface area contributed by atoms with Gasteiger partial charge in [0.05, 0.1) is 37.8 Å². The molecule has 2 atom stereocenters. The smallest absolute Gasteiger partial charge is 0.337 e. The number of amides is 2. The van der Waals surface area contributed by atoms with Crippen molar-refractivity contribution in [2.75, 3.05) is 14.2 Å². The van der Waals surface area contributed by atoms with Crippen LogP contribution in [0, 0.1) is 0 Å². The Morgan fingerprint density at radius 1 is 0.756 bits per heavy atom. The van der Waals surface area contributed by atoms with E-state index in [1.54, 1.807) is 30.3 Å². The van der Waals surface area contributed by atoms with Gasteiger partial charge >= 0.3 is 11.9 Å². The molecule has 2 amide bonds. The number of carbonyl (C=O) groups excluding carboxylic acids is 4. The molecule has 1 N–H and O–H groups in total. The van der Waals surface area contributed by atoms with E-state index in [0.29, 0.717) is 28.0 Å². The number of hydrogen-bond acceptors (Lipinski definition) is 6. The molecule has 0 saturated carbocycles. The molecule has 0 saturated heterocycles. The van der Waals surface area contributed by atoms with E-state index in [9.17, 15) is 19.2 Å². The predicted molar refractivity (Wildman–Crippen MR) is 169 cm³/mol. The van der Waals surface area contributed by atoms with Crippen LogP contribution in [-0.4, -0.2) is 48.9 Å². The van der Waals surface area contributed by atoms with Gasteiger partial charge in [-0.05, 0) is 33.9 Å². The number of carbonyl (C=O) groups is 4. The van der Waals surface area contributed by atoms with E-state index >= 15 is 0 Å². The summed E-state index contributed by atoms with van der Waals surface area (Å²) >= 11 is 0. The Hall–Kier alpha value is -5.76. The van der Waals surface area contributed by atoms with Gasteiger partial charge in [-0.2, -0.15) is 0 Å². The molecule has 0 spiro atoms. The molecule has 4 aromatic rings. The van der Waals surface area contributed by atoms with Gasteiger partial charge < -0.3 is 19.7 Å². The molecule has 0 aromatic heterocycles. The number of nitrogens with zero attached hydrogens (tertiary/aromatic N) is 1. The maximum Gasteiger partial charge on any atom is 0.337 e. The highest BCUT2D eigenvalue weighted by molar-refractivity contribution is 6.31. The van der Waals surface area contributed by atoms with Crippen LogP contribution < -0.4 is 5.32 Å². The van der Waals surface area contributed by atoms with E-state index in [1.165, 1.54) is 19.1 Å². The largest absolute Gasteiger partial charge is 0.467 e. The van der Waals surface area contributed by atoms with Crippen LogP contribution in [0.3, 0.4) is 0 Å². The molecule has 2 unspecified atom stereocenters. The van der Waals surface area contributed by atoms with Crippen LogP contribution >= 0.6 is 0 Å². The van der Waals surface area contributed by atoms with Gasteiger partial charge in [-0.3, -0.25) is 9.59 Å². The van der Waals surface area contributed by atoms with Crippen molar-refractivity contribution in [1.82, 2.24) is 10.2 Å². The van der Waals surface area contributed by atoms with Crippen LogP contribution in [0.2, 0.25) is 0 Å². The highest BCUT2D eigenvalue weighted by Crippen LogP contribution is 2.46. The van der Waals surface area contributed by atoms with E-state index < -0.39 is 29.9 Å². The predicted octanol–water partition coefficient (Wildman–Crippen LogP) is 4.96. The molecule has 45 heavy (non-hydrogen) atoms. The first-order chi connectivity index (χ1) is 21.9. The topological polar surface area (TPSA) is 102 Å². The van der Waals surface area contributed by atoms with Crippen LogP contribution in [-0.2, 0) is 35.1 Å². The quantitative estimate of drug-likeness (QED) is 0.302. The SMILES string of the molecule is COC(=O)C1=C(c2ccccc2)C(=O)N(C2c3ccccc3C=C(NC(=O)Cc3ccccc3)c3ccccc32)C1C(=O)OC. The van der Waals surface area contributed by atoms with Crippen molar-refractivity contribution in [2.24, 2.45) is 0 Å². The number of methoxy groups -OCH3 is 2. The lowest BCUT2D eigenvalue weighted by Crippen LogP contribution is -2.45. The van der Waals surface area contributed by atoms with Gasteiger partial charge in [0, 0.05) is 11.3 Å². The van der Waals surface area contributed by atoms with E-state index in [0.717, 1.165) is 11.1 Å². The highest BCUT2D eigenvalue weighted by atomic mass is 16.5. The number of nitrogens with one attached hydrogen (secondary N) is 1. The third-order valence-corrected chi connectivity index (χ3v) is 8.06. The summed E-state index contributed by atoms with van der Waals surface area (Å²) in [6.45, 7) is 0. The van der Waals surface area contributed by atoms with Gasteiger partial charge in [0.2, 0.25) is 5.91 Å². The van der Waals surface area contributed by atoms with E-state index in [2.05, 4.69) is 5.32 Å². The van der Waals surface area contributed by atoms with E-state index in [-0.39, 0.29) is 23.5 Å². The molecule has 1 aliphatic heterocycles. The van der Waals surface area contributed by atoms with Crippen molar-refractivity contribution >= 4 is 41.1 Å². The highest BCUT2D eigenvalue weighted by Gasteiger charge is 2.52. The van der Waals surface area contributed by atoms with E-state index in [4.69, 9.17) is 9.47 Å². The van der Waals surface area contributed by atoms with Crippen LogP contribution in [0.5, 0.6) is 0 Å². The molecular weight excluding hydrogens is 568 g/mol. The molecule has 8 heteroatoms. The zero-order chi connectivity index (χ0) is 31.5. The lowest BCUT2D eigenvalue weighted by Gasteiger charge is -2.34. The first-order valence-corrected chi connectivity index (χ1v) is 14.4. The summed E-state index contributed by atoms with van der Waals surface area (Å²) in [5.74, 6) is -2.31. The van der Waals surface area contributed by atoms with Gasteiger partial charge in [-0.15, -0.1) is 0 Å². The second kappa shape index (κ2) is 12.5. The normalized spacial score (nSPS) is 17.1. The van der Waals surface area contributed by atoms with Gasteiger partial charge in [0.25, 0.3) is 5.91 Å². The summed E-state index contributed by atoms with van der Waals surface area (Å²) in [5, 5.41) is 3.09. The minimum Gasteiger partial charge on any atom is -0.467 e. The fourth-order valence-corrected chi connectivity index (χ4v) is 6.11. The molecule has 6 rings (SSSR count). The van der Waals surface area contributed by atoms with Crippen molar-refractivity contribution in [3.05, 3.63) is 148 Å². The summed E-state index contributed by atoms with van der Waals surface area (Å²) < 4.78 is 10.3. The summed E-state index contributed by atoms with van der Waals surface area (Å²) in [6, 6.07) is 30.8. The lowest BCUT2D eigenvalue weighted by molar-refractivity contribution is -0.151. The van der Waals surface area contributed by atoms with Crippen LogP contribution in [0.25, 0.3) is 17.3 Å². The van der Waals surface area contributed by atoms with Crippen LogP contribution in [0.1, 0.15) is 39.4 Å². The second-order valence-electron chi connectivity index (χ2n) is 10.7. The minimum atomic E-state index is -1.40. The number of ether oxygens (including phenoxy) is 2. The van der Waals surface area contributed by atoms with Crippen LogP contribution in [0.4, 0.5) is 0 Å². The molecule has 8 nitrogen and oxygen atoms in total. The molecule has 224 valence electrons. The van der Waals surface area contributed by atoms with E-state index in [1.807, 2.05) is 84.9 Å². The molecule has 0 bridgehead atoms. The van der Waals surface area contributed by atoms with Gasteiger partial charge in [0.1, 0.15) is 0 Å². The Bertz CT molecular complexity index is 1860. The molecule has 2 aliphatic rings. The first kappa shape index (κ1) is 29.3. The Morgan fingerprint density at radius 2 is 1.38 bits per heavy atom. The fourth-order valence-electron chi connectivity index (χ4n) is 6.11. The third kappa shape index (κ3) is 5.42. The Morgan fingerprint density at radius 3 is 2.07 bits per heavy atom. The van der Waals surface area contributed by atoms with Gasteiger partial charge in [0.15, 0.2) is 6.04 Å². The van der Waals surface area contributed by atoms with Crippen molar-refractivity contribution < 1.29 is 28.7 Å². The summed E-state index contributed by atoms with van der Waals surface area (Å²) in [5.41, 5.74) is 4.64. The van der Waals surface area contributed by atoms with Crippen molar-refractivity contribution in [1.29, 1.82) is 0 Å². The number of benzene rings is 4. The molecular formula is C37H30N2O6. The summed E-state index contributed by atoms with van der Waals surface area (Å²) in [6.07, 6.45) is 2.05. The zero-order valence-electron chi connectivity index (χ0n) is 24.7. The maximum atomic E-state index is 14.6. The van der Waals surface area contributed by atoms with Crippen molar-refractivity contribution in [3.8, 4) is 0 Å². The van der Waals surface area contributed by atoms with Gasteiger partial charge in [-0.1, -0.05) is 109 Å². The molecule has 0 radical (unpaired) electrons. The maximum absolute atomic E-state index is 14.6. The average Bonchev–Trinajstić information content (AvgIpc) is 3.30.